The van der Waals surface area contributed by atoms with Crippen molar-refractivity contribution in [1.29, 1.82) is 0 Å². The monoisotopic (exact) mass is 263 g/mol. The van der Waals surface area contributed by atoms with Crippen molar-refractivity contribution < 1.29 is 13.5 Å². The van der Waals surface area contributed by atoms with Gasteiger partial charge < -0.3 is 5.11 Å². The van der Waals surface area contributed by atoms with Crippen molar-refractivity contribution in [2.24, 2.45) is 0 Å². The van der Waals surface area contributed by atoms with E-state index in [0.717, 1.165) is 0 Å². The van der Waals surface area contributed by atoms with Crippen molar-refractivity contribution in [2.75, 3.05) is 6.61 Å². The van der Waals surface area contributed by atoms with Gasteiger partial charge >= 0.3 is 0 Å². The Labute approximate surface area is 100 Å². The summed E-state index contributed by atoms with van der Waals surface area (Å²) in [4.78, 5) is 0.104. The maximum atomic E-state index is 11.8. The van der Waals surface area contributed by atoms with Crippen molar-refractivity contribution in [3.8, 4) is 0 Å². The van der Waals surface area contributed by atoms with Crippen LogP contribution in [0.25, 0.3) is 0 Å². The van der Waals surface area contributed by atoms with Crippen LogP contribution in [0.3, 0.4) is 0 Å². The van der Waals surface area contributed by atoms with Crippen LogP contribution in [-0.4, -0.2) is 26.2 Å². The molecule has 90 valence electrons. The largest absolute Gasteiger partial charge is 0.395 e. The maximum absolute atomic E-state index is 11.8. The molecule has 0 aromatic heterocycles. The van der Waals surface area contributed by atoms with Crippen LogP contribution < -0.4 is 4.72 Å². The Hall–Kier alpha value is -0.620. The summed E-state index contributed by atoms with van der Waals surface area (Å²) in [6.45, 7) is 1.57. The first-order valence-corrected chi connectivity index (χ1v) is 6.74. The molecule has 0 radical (unpaired) electrons. The van der Waals surface area contributed by atoms with Crippen molar-refractivity contribution in [3.63, 3.8) is 0 Å². The standard InChI is InChI=1S/C10H14ClNO3S/c1-2-9(7-13)12-16(14,15)10-5-3-4-8(11)6-10/h3-6,9,12-13H,2,7H2,1H3/t9-/m1/s1. The second kappa shape index (κ2) is 5.63. The van der Waals surface area contributed by atoms with Crippen molar-refractivity contribution in [1.82, 2.24) is 4.72 Å². The van der Waals surface area contributed by atoms with E-state index in [1.54, 1.807) is 19.1 Å². The van der Waals surface area contributed by atoms with Gasteiger partial charge in [0.05, 0.1) is 11.5 Å². The van der Waals surface area contributed by atoms with Gasteiger partial charge in [0, 0.05) is 11.1 Å². The van der Waals surface area contributed by atoms with Gasteiger partial charge in [-0.05, 0) is 24.6 Å². The molecule has 0 aliphatic heterocycles. The predicted octanol–water partition coefficient (Wildman–Crippen LogP) is 1.39. The molecule has 0 saturated carbocycles. The van der Waals surface area contributed by atoms with Gasteiger partial charge in [0.2, 0.25) is 10.0 Å². The van der Waals surface area contributed by atoms with E-state index in [1.165, 1.54) is 12.1 Å². The number of halogens is 1. The summed E-state index contributed by atoms with van der Waals surface area (Å²) in [5, 5.41) is 9.30. The molecule has 0 heterocycles. The van der Waals surface area contributed by atoms with Crippen LogP contribution in [0.1, 0.15) is 13.3 Å². The van der Waals surface area contributed by atoms with Gasteiger partial charge in [-0.25, -0.2) is 13.1 Å². The molecule has 1 atom stereocenters. The molecule has 0 unspecified atom stereocenters. The number of sulfonamides is 1. The quantitative estimate of drug-likeness (QED) is 0.844. The van der Waals surface area contributed by atoms with Gasteiger partial charge in [-0.1, -0.05) is 24.6 Å². The lowest BCUT2D eigenvalue weighted by Crippen LogP contribution is -2.36. The van der Waals surface area contributed by atoms with Crippen LogP contribution in [0.4, 0.5) is 0 Å². The smallest absolute Gasteiger partial charge is 0.240 e. The molecule has 4 nitrogen and oxygen atoms in total. The highest BCUT2D eigenvalue weighted by atomic mass is 35.5. The van der Waals surface area contributed by atoms with Crippen LogP contribution in [0, 0.1) is 0 Å². The fourth-order valence-electron chi connectivity index (χ4n) is 1.17. The molecule has 0 fully saturated rings. The Bertz CT molecular complexity index is 443. The van der Waals surface area contributed by atoms with E-state index in [-0.39, 0.29) is 11.5 Å². The first-order chi connectivity index (χ1) is 7.49. The van der Waals surface area contributed by atoms with Crippen LogP contribution >= 0.6 is 11.6 Å². The summed E-state index contributed by atoms with van der Waals surface area (Å²) in [6.07, 6.45) is 0.524. The SMILES string of the molecule is CC[C@H](CO)NS(=O)(=O)c1cccc(Cl)c1. The predicted molar refractivity (Wildman–Crippen MR) is 62.9 cm³/mol. The second-order valence-electron chi connectivity index (χ2n) is 3.37. The highest BCUT2D eigenvalue weighted by molar-refractivity contribution is 7.89. The number of hydrogen-bond acceptors (Lipinski definition) is 3. The highest BCUT2D eigenvalue weighted by Crippen LogP contribution is 2.15. The van der Waals surface area contributed by atoms with E-state index in [9.17, 15) is 8.42 Å². The molecule has 16 heavy (non-hydrogen) atoms. The summed E-state index contributed by atoms with van der Waals surface area (Å²) >= 11 is 5.71. The molecule has 2 N–H and O–H groups in total. The fourth-order valence-corrected chi connectivity index (χ4v) is 2.78. The Morgan fingerprint density at radius 2 is 2.19 bits per heavy atom. The van der Waals surface area contributed by atoms with Gasteiger partial charge in [-0.2, -0.15) is 0 Å². The molecular weight excluding hydrogens is 250 g/mol. The van der Waals surface area contributed by atoms with E-state index in [4.69, 9.17) is 16.7 Å². The summed E-state index contributed by atoms with van der Waals surface area (Å²) in [5.74, 6) is 0. The number of benzene rings is 1. The molecule has 0 saturated heterocycles. The Kier molecular flexibility index (Phi) is 4.73. The third-order valence-corrected chi connectivity index (χ3v) is 3.89. The Morgan fingerprint density at radius 1 is 1.50 bits per heavy atom. The number of hydrogen-bond donors (Lipinski definition) is 2. The third-order valence-electron chi connectivity index (χ3n) is 2.14. The van der Waals surface area contributed by atoms with E-state index < -0.39 is 16.1 Å². The summed E-state index contributed by atoms with van der Waals surface area (Å²) in [6, 6.07) is 5.52. The summed E-state index contributed by atoms with van der Waals surface area (Å²) in [5.41, 5.74) is 0. The average molecular weight is 264 g/mol. The number of rotatable bonds is 5. The molecule has 6 heteroatoms. The topological polar surface area (TPSA) is 66.4 Å². The lowest BCUT2D eigenvalue weighted by atomic mass is 10.3. The van der Waals surface area contributed by atoms with Gasteiger partial charge in [-0.3, -0.25) is 0 Å². The zero-order chi connectivity index (χ0) is 12.2. The van der Waals surface area contributed by atoms with Crippen LogP contribution in [0.15, 0.2) is 29.2 Å². The third kappa shape index (κ3) is 3.45. The number of aliphatic hydroxyl groups is 1. The summed E-state index contributed by atoms with van der Waals surface area (Å²) < 4.78 is 26.1. The minimum absolute atomic E-state index is 0.104. The minimum atomic E-state index is -3.60. The van der Waals surface area contributed by atoms with Crippen molar-refractivity contribution in [3.05, 3.63) is 29.3 Å². The van der Waals surface area contributed by atoms with Crippen molar-refractivity contribution >= 4 is 21.6 Å². The fraction of sp³-hybridized carbons (Fsp3) is 0.400. The molecule has 1 aromatic carbocycles. The first-order valence-electron chi connectivity index (χ1n) is 4.88. The molecule has 1 rings (SSSR count). The zero-order valence-corrected chi connectivity index (χ0v) is 10.4. The Balaban J connectivity index is 2.94. The van der Waals surface area contributed by atoms with Crippen LogP contribution in [0.2, 0.25) is 5.02 Å². The molecule has 1 aromatic rings. The molecular formula is C10H14ClNO3S. The number of aliphatic hydroxyl groups excluding tert-OH is 1. The van der Waals surface area contributed by atoms with Gasteiger partial charge in [0.25, 0.3) is 0 Å². The normalized spacial score (nSPS) is 13.7. The van der Waals surface area contributed by atoms with Crippen LogP contribution in [0.5, 0.6) is 0 Å². The van der Waals surface area contributed by atoms with E-state index in [2.05, 4.69) is 4.72 Å². The molecule has 0 bridgehead atoms. The highest BCUT2D eigenvalue weighted by Gasteiger charge is 2.18. The molecule has 0 spiro atoms. The summed E-state index contributed by atoms with van der Waals surface area (Å²) in [7, 11) is -3.60. The average Bonchev–Trinajstić information content (AvgIpc) is 2.26. The maximum Gasteiger partial charge on any atom is 0.240 e. The Morgan fingerprint density at radius 3 is 2.69 bits per heavy atom. The molecule has 0 aliphatic carbocycles. The minimum Gasteiger partial charge on any atom is -0.395 e. The zero-order valence-electron chi connectivity index (χ0n) is 8.85. The second-order valence-corrected chi connectivity index (χ2v) is 5.52. The first kappa shape index (κ1) is 13.4. The van der Waals surface area contributed by atoms with E-state index in [1.807, 2.05) is 0 Å². The molecule has 0 amide bonds. The van der Waals surface area contributed by atoms with Gasteiger partial charge in [-0.15, -0.1) is 0 Å². The van der Waals surface area contributed by atoms with E-state index >= 15 is 0 Å². The van der Waals surface area contributed by atoms with E-state index in [0.29, 0.717) is 11.4 Å². The lowest BCUT2D eigenvalue weighted by molar-refractivity contribution is 0.254. The van der Waals surface area contributed by atoms with Gasteiger partial charge in [0.15, 0.2) is 0 Å². The molecule has 0 aliphatic rings. The lowest BCUT2D eigenvalue weighted by Gasteiger charge is -2.14. The number of nitrogens with one attached hydrogen (secondary N) is 1. The van der Waals surface area contributed by atoms with Crippen molar-refractivity contribution in [2.45, 2.75) is 24.3 Å². The van der Waals surface area contributed by atoms with Crippen LogP contribution in [-0.2, 0) is 10.0 Å². The van der Waals surface area contributed by atoms with Gasteiger partial charge in [0.1, 0.15) is 0 Å².